The molecule has 0 aromatic carbocycles. The van der Waals surface area contributed by atoms with Crippen LogP contribution in [0.2, 0.25) is 0 Å². The van der Waals surface area contributed by atoms with Crippen molar-refractivity contribution >= 4 is 5.78 Å². The van der Waals surface area contributed by atoms with Gasteiger partial charge in [-0.25, -0.2) is 0 Å². The van der Waals surface area contributed by atoms with Crippen molar-refractivity contribution in [2.45, 2.75) is 71.6 Å². The van der Waals surface area contributed by atoms with Crippen LogP contribution >= 0.6 is 0 Å². The van der Waals surface area contributed by atoms with Gasteiger partial charge in [0.2, 0.25) is 0 Å². The molecule has 2 fully saturated rings. The van der Waals surface area contributed by atoms with Crippen molar-refractivity contribution in [2.75, 3.05) is 13.2 Å². The minimum absolute atomic E-state index is 0.330. The van der Waals surface area contributed by atoms with Crippen LogP contribution in [0.5, 0.6) is 0 Å². The molecule has 0 bridgehead atoms. The van der Waals surface area contributed by atoms with E-state index in [0.29, 0.717) is 11.7 Å². The fourth-order valence-corrected chi connectivity index (χ4v) is 3.86. The van der Waals surface area contributed by atoms with E-state index in [1.807, 2.05) is 6.08 Å². The predicted molar refractivity (Wildman–Crippen MR) is 87.3 cm³/mol. The molecule has 0 amide bonds. The van der Waals surface area contributed by atoms with Crippen molar-refractivity contribution in [1.82, 2.24) is 0 Å². The number of hydrogen-bond donors (Lipinski definition) is 0. The summed E-state index contributed by atoms with van der Waals surface area (Å²) in [5.41, 5.74) is 1.29. The molecule has 120 valence electrons. The Balaban J connectivity index is 1.58. The lowest BCUT2D eigenvalue weighted by Gasteiger charge is -2.37. The summed E-state index contributed by atoms with van der Waals surface area (Å²) in [6, 6.07) is 0. The lowest BCUT2D eigenvalue weighted by atomic mass is 9.69. The SMILES string of the molecule is CCCC1CC(CC(C)CCC(=O)C=C2CCOCC2)C1. The summed E-state index contributed by atoms with van der Waals surface area (Å²) in [4.78, 5) is 12.0. The molecule has 0 N–H and O–H groups in total. The average Bonchev–Trinajstić information content (AvgIpc) is 2.44. The van der Waals surface area contributed by atoms with Crippen LogP contribution in [0.3, 0.4) is 0 Å². The second-order valence-corrected chi connectivity index (χ2v) is 7.25. The maximum Gasteiger partial charge on any atom is 0.155 e. The second-order valence-electron chi connectivity index (χ2n) is 7.25. The fourth-order valence-electron chi connectivity index (χ4n) is 3.86. The third kappa shape index (κ3) is 5.94. The summed E-state index contributed by atoms with van der Waals surface area (Å²) < 4.78 is 5.32. The molecular weight excluding hydrogens is 260 g/mol. The minimum Gasteiger partial charge on any atom is -0.381 e. The first-order chi connectivity index (χ1) is 10.2. The van der Waals surface area contributed by atoms with Gasteiger partial charge in [0.05, 0.1) is 13.2 Å². The zero-order chi connectivity index (χ0) is 15.1. The Morgan fingerprint density at radius 3 is 2.67 bits per heavy atom. The quantitative estimate of drug-likeness (QED) is 0.593. The molecule has 2 rings (SSSR count). The molecule has 0 radical (unpaired) electrons. The van der Waals surface area contributed by atoms with E-state index in [4.69, 9.17) is 4.74 Å². The molecule has 1 aliphatic carbocycles. The molecule has 0 spiro atoms. The molecule has 2 heteroatoms. The summed E-state index contributed by atoms with van der Waals surface area (Å²) in [7, 11) is 0. The summed E-state index contributed by atoms with van der Waals surface area (Å²) in [5.74, 6) is 2.98. The van der Waals surface area contributed by atoms with Crippen molar-refractivity contribution in [3.05, 3.63) is 11.6 Å². The van der Waals surface area contributed by atoms with Gasteiger partial charge in [-0.05, 0) is 62.4 Å². The zero-order valence-corrected chi connectivity index (χ0v) is 13.9. The summed E-state index contributed by atoms with van der Waals surface area (Å²) >= 11 is 0. The Bertz CT molecular complexity index is 345. The van der Waals surface area contributed by atoms with Crippen molar-refractivity contribution < 1.29 is 9.53 Å². The number of ketones is 1. The van der Waals surface area contributed by atoms with Crippen molar-refractivity contribution in [3.63, 3.8) is 0 Å². The van der Waals surface area contributed by atoms with Gasteiger partial charge in [-0.2, -0.15) is 0 Å². The highest BCUT2D eigenvalue weighted by atomic mass is 16.5. The zero-order valence-electron chi connectivity index (χ0n) is 13.9. The third-order valence-corrected chi connectivity index (χ3v) is 5.15. The van der Waals surface area contributed by atoms with Crippen molar-refractivity contribution in [3.8, 4) is 0 Å². The molecule has 1 saturated carbocycles. The number of rotatable bonds is 8. The predicted octanol–water partition coefficient (Wildman–Crippen LogP) is 4.93. The van der Waals surface area contributed by atoms with Crippen LogP contribution in [-0.4, -0.2) is 19.0 Å². The maximum atomic E-state index is 12.0. The average molecular weight is 292 g/mol. The van der Waals surface area contributed by atoms with Gasteiger partial charge in [-0.1, -0.05) is 32.3 Å². The van der Waals surface area contributed by atoms with Crippen LogP contribution in [0.25, 0.3) is 0 Å². The Labute approximate surface area is 130 Å². The van der Waals surface area contributed by atoms with E-state index < -0.39 is 0 Å². The Morgan fingerprint density at radius 2 is 2.00 bits per heavy atom. The molecule has 1 heterocycles. The smallest absolute Gasteiger partial charge is 0.155 e. The minimum atomic E-state index is 0.330. The molecular formula is C19H32O2. The Morgan fingerprint density at radius 1 is 1.29 bits per heavy atom. The molecule has 0 aromatic rings. The van der Waals surface area contributed by atoms with Crippen LogP contribution in [-0.2, 0) is 9.53 Å². The first kappa shape index (κ1) is 16.7. The highest BCUT2D eigenvalue weighted by Crippen LogP contribution is 2.41. The monoisotopic (exact) mass is 292 g/mol. The van der Waals surface area contributed by atoms with Crippen molar-refractivity contribution in [1.29, 1.82) is 0 Å². The van der Waals surface area contributed by atoms with Crippen LogP contribution < -0.4 is 0 Å². The summed E-state index contributed by atoms with van der Waals surface area (Å²) in [5, 5.41) is 0. The first-order valence-corrected chi connectivity index (χ1v) is 8.97. The van der Waals surface area contributed by atoms with Gasteiger partial charge in [0.25, 0.3) is 0 Å². The highest BCUT2D eigenvalue weighted by molar-refractivity contribution is 5.90. The number of carbonyl (C=O) groups is 1. The second kappa shape index (κ2) is 8.73. The molecule has 2 nitrogen and oxygen atoms in total. The Hall–Kier alpha value is -0.630. The molecule has 0 aromatic heterocycles. The number of ether oxygens (including phenoxy) is 1. The van der Waals surface area contributed by atoms with Crippen LogP contribution in [0.15, 0.2) is 11.6 Å². The van der Waals surface area contributed by atoms with Gasteiger partial charge >= 0.3 is 0 Å². The number of carbonyl (C=O) groups excluding carboxylic acids is 1. The summed E-state index contributed by atoms with van der Waals surface area (Å²) in [6.07, 6.45) is 12.6. The lowest BCUT2D eigenvalue weighted by Crippen LogP contribution is -2.25. The van der Waals surface area contributed by atoms with E-state index in [1.165, 1.54) is 37.7 Å². The van der Waals surface area contributed by atoms with Gasteiger partial charge in [-0.15, -0.1) is 0 Å². The van der Waals surface area contributed by atoms with Gasteiger partial charge in [0.1, 0.15) is 0 Å². The Kier molecular flexibility index (Phi) is 6.95. The number of allylic oxidation sites excluding steroid dienone is 1. The van der Waals surface area contributed by atoms with Crippen LogP contribution in [0.4, 0.5) is 0 Å². The van der Waals surface area contributed by atoms with Gasteiger partial charge in [-0.3, -0.25) is 4.79 Å². The molecule has 1 saturated heterocycles. The number of hydrogen-bond acceptors (Lipinski definition) is 2. The van der Waals surface area contributed by atoms with Crippen LogP contribution in [0.1, 0.15) is 71.6 Å². The molecule has 2 aliphatic rings. The maximum absolute atomic E-state index is 12.0. The highest BCUT2D eigenvalue weighted by Gasteiger charge is 2.29. The van der Waals surface area contributed by atoms with E-state index in [0.717, 1.165) is 50.7 Å². The normalized spacial score (nSPS) is 27.0. The van der Waals surface area contributed by atoms with E-state index in [-0.39, 0.29) is 0 Å². The van der Waals surface area contributed by atoms with E-state index >= 15 is 0 Å². The van der Waals surface area contributed by atoms with E-state index in [1.54, 1.807) is 0 Å². The lowest BCUT2D eigenvalue weighted by molar-refractivity contribution is -0.115. The third-order valence-electron chi connectivity index (χ3n) is 5.15. The molecule has 21 heavy (non-hydrogen) atoms. The van der Waals surface area contributed by atoms with Gasteiger partial charge in [0, 0.05) is 6.42 Å². The van der Waals surface area contributed by atoms with Crippen molar-refractivity contribution in [2.24, 2.45) is 17.8 Å². The van der Waals surface area contributed by atoms with Crippen LogP contribution in [0, 0.1) is 17.8 Å². The van der Waals surface area contributed by atoms with Gasteiger partial charge in [0.15, 0.2) is 5.78 Å². The molecule has 1 aliphatic heterocycles. The molecule has 1 atom stereocenters. The van der Waals surface area contributed by atoms with Gasteiger partial charge < -0.3 is 4.74 Å². The first-order valence-electron chi connectivity index (χ1n) is 8.97. The molecule has 1 unspecified atom stereocenters. The topological polar surface area (TPSA) is 26.3 Å². The van der Waals surface area contributed by atoms with E-state index in [2.05, 4.69) is 13.8 Å². The standard InChI is InChI=1S/C19H32O2/c1-3-4-17-12-18(13-17)11-15(2)5-6-19(20)14-16-7-9-21-10-8-16/h14-15,17-18H,3-13H2,1-2H3. The van der Waals surface area contributed by atoms with E-state index in [9.17, 15) is 4.79 Å². The fraction of sp³-hybridized carbons (Fsp3) is 0.842. The summed E-state index contributed by atoms with van der Waals surface area (Å²) in [6.45, 7) is 6.18. The largest absolute Gasteiger partial charge is 0.381 e.